The molecular formula is C19H29N3O3S. The molecule has 144 valence electrons. The Morgan fingerprint density at radius 3 is 2.54 bits per heavy atom. The molecule has 0 aromatic heterocycles. The molecule has 1 amide bonds. The van der Waals surface area contributed by atoms with Crippen molar-refractivity contribution in [2.24, 2.45) is 5.92 Å². The maximum absolute atomic E-state index is 12.6. The Labute approximate surface area is 156 Å². The molecule has 2 heterocycles. The van der Waals surface area contributed by atoms with Gasteiger partial charge in [0.25, 0.3) is 0 Å². The zero-order valence-electron chi connectivity index (χ0n) is 15.6. The molecule has 0 saturated carbocycles. The maximum atomic E-state index is 12.6. The standard InChI is InChI=1S/C19H29N3O3S/c1-3-26(24,25)22-12-9-15(10-13-22)19(23)20-14-16-8-11-21(2)18-7-5-4-6-17(16)18/h4-7,15-16H,3,8-14H2,1-2H3,(H,20,23). The van der Waals surface area contributed by atoms with Gasteiger partial charge in [0.2, 0.25) is 15.9 Å². The summed E-state index contributed by atoms with van der Waals surface area (Å²) in [6, 6.07) is 8.38. The second kappa shape index (κ2) is 7.96. The maximum Gasteiger partial charge on any atom is 0.223 e. The number of sulfonamides is 1. The SMILES string of the molecule is CCS(=O)(=O)N1CCC(C(=O)NCC2CCN(C)c3ccccc32)CC1. The van der Waals surface area contributed by atoms with Crippen molar-refractivity contribution >= 4 is 21.6 Å². The number of para-hydroxylation sites is 1. The van der Waals surface area contributed by atoms with Crippen molar-refractivity contribution in [1.29, 1.82) is 0 Å². The van der Waals surface area contributed by atoms with E-state index in [1.807, 2.05) is 0 Å². The predicted octanol–water partition coefficient (Wildman–Crippen LogP) is 1.79. The van der Waals surface area contributed by atoms with Gasteiger partial charge in [-0.3, -0.25) is 4.79 Å². The van der Waals surface area contributed by atoms with E-state index in [1.165, 1.54) is 15.6 Å². The van der Waals surface area contributed by atoms with Gasteiger partial charge in [-0.2, -0.15) is 0 Å². The van der Waals surface area contributed by atoms with Gasteiger partial charge in [-0.25, -0.2) is 12.7 Å². The van der Waals surface area contributed by atoms with Crippen molar-refractivity contribution in [3.05, 3.63) is 29.8 Å². The summed E-state index contributed by atoms with van der Waals surface area (Å²) in [7, 11) is -1.04. The summed E-state index contributed by atoms with van der Waals surface area (Å²) in [6.45, 7) is 4.20. The lowest BCUT2D eigenvalue weighted by Crippen LogP contribution is -2.44. The largest absolute Gasteiger partial charge is 0.374 e. The van der Waals surface area contributed by atoms with Gasteiger partial charge in [-0.05, 0) is 37.8 Å². The predicted molar refractivity (Wildman–Crippen MR) is 104 cm³/mol. The Hall–Kier alpha value is -1.60. The van der Waals surface area contributed by atoms with Gasteiger partial charge in [-0.1, -0.05) is 18.2 Å². The van der Waals surface area contributed by atoms with Crippen LogP contribution in [0, 0.1) is 5.92 Å². The van der Waals surface area contributed by atoms with Crippen LogP contribution >= 0.6 is 0 Å². The van der Waals surface area contributed by atoms with Crippen LogP contribution in [0.25, 0.3) is 0 Å². The summed E-state index contributed by atoms with van der Waals surface area (Å²) in [4.78, 5) is 14.8. The van der Waals surface area contributed by atoms with Crippen LogP contribution in [0.2, 0.25) is 0 Å². The topological polar surface area (TPSA) is 69.7 Å². The van der Waals surface area contributed by atoms with Crippen molar-refractivity contribution in [2.75, 3.05) is 43.9 Å². The Balaban J connectivity index is 1.54. The van der Waals surface area contributed by atoms with E-state index in [4.69, 9.17) is 0 Å². The lowest BCUT2D eigenvalue weighted by Gasteiger charge is -2.34. The molecule has 1 N–H and O–H groups in total. The van der Waals surface area contributed by atoms with Gasteiger partial charge in [0.1, 0.15) is 0 Å². The zero-order valence-corrected chi connectivity index (χ0v) is 16.5. The van der Waals surface area contributed by atoms with Crippen molar-refractivity contribution in [1.82, 2.24) is 9.62 Å². The Morgan fingerprint density at radius 1 is 1.15 bits per heavy atom. The number of hydrogen-bond donors (Lipinski definition) is 1. The summed E-state index contributed by atoms with van der Waals surface area (Å²) in [6.07, 6.45) is 2.24. The molecule has 0 bridgehead atoms. The molecule has 1 aromatic rings. The van der Waals surface area contributed by atoms with E-state index < -0.39 is 10.0 Å². The third-order valence-corrected chi connectivity index (χ3v) is 7.59. The van der Waals surface area contributed by atoms with Gasteiger partial charge >= 0.3 is 0 Å². The summed E-state index contributed by atoms with van der Waals surface area (Å²) in [5.74, 6) is 0.445. The Bertz CT molecular complexity index is 742. The average Bonchev–Trinajstić information content (AvgIpc) is 2.67. The molecular weight excluding hydrogens is 350 g/mol. The van der Waals surface area contributed by atoms with Gasteiger partial charge < -0.3 is 10.2 Å². The summed E-state index contributed by atoms with van der Waals surface area (Å²) >= 11 is 0. The van der Waals surface area contributed by atoms with Crippen molar-refractivity contribution < 1.29 is 13.2 Å². The monoisotopic (exact) mass is 379 g/mol. The molecule has 1 atom stereocenters. The number of fused-ring (bicyclic) bond motifs is 1. The third kappa shape index (κ3) is 4.04. The summed E-state index contributed by atoms with van der Waals surface area (Å²) < 4.78 is 25.4. The number of anilines is 1. The highest BCUT2D eigenvalue weighted by molar-refractivity contribution is 7.89. The van der Waals surface area contributed by atoms with E-state index >= 15 is 0 Å². The molecule has 26 heavy (non-hydrogen) atoms. The minimum Gasteiger partial charge on any atom is -0.374 e. The fourth-order valence-corrected chi connectivity index (χ4v) is 5.10. The van der Waals surface area contributed by atoms with E-state index in [2.05, 4.69) is 41.5 Å². The molecule has 3 rings (SSSR count). The van der Waals surface area contributed by atoms with Gasteiger partial charge in [0.05, 0.1) is 5.75 Å². The lowest BCUT2D eigenvalue weighted by atomic mass is 9.89. The molecule has 1 fully saturated rings. The molecule has 1 unspecified atom stereocenters. The first-order valence-corrected chi connectivity index (χ1v) is 11.1. The van der Waals surface area contributed by atoms with Crippen molar-refractivity contribution in [2.45, 2.75) is 32.1 Å². The number of carbonyl (C=O) groups excluding carboxylic acids is 1. The first-order valence-electron chi connectivity index (χ1n) is 9.48. The zero-order chi connectivity index (χ0) is 18.7. The fourth-order valence-electron chi connectivity index (χ4n) is 3.96. The Morgan fingerprint density at radius 2 is 1.85 bits per heavy atom. The minimum atomic E-state index is -3.14. The van der Waals surface area contributed by atoms with Crippen LogP contribution in [-0.4, -0.2) is 57.6 Å². The average molecular weight is 380 g/mol. The van der Waals surface area contributed by atoms with Gasteiger partial charge in [-0.15, -0.1) is 0 Å². The molecule has 0 aliphatic carbocycles. The van der Waals surface area contributed by atoms with Crippen LogP contribution in [0.3, 0.4) is 0 Å². The smallest absolute Gasteiger partial charge is 0.223 e. The number of benzene rings is 1. The minimum absolute atomic E-state index is 0.0648. The molecule has 7 heteroatoms. The molecule has 0 spiro atoms. The first-order chi connectivity index (χ1) is 12.4. The summed E-state index contributed by atoms with van der Waals surface area (Å²) in [5, 5.41) is 3.12. The van der Waals surface area contributed by atoms with Gasteiger partial charge in [0.15, 0.2) is 0 Å². The van der Waals surface area contributed by atoms with E-state index in [-0.39, 0.29) is 17.6 Å². The molecule has 1 aromatic carbocycles. The molecule has 2 aliphatic heterocycles. The fraction of sp³-hybridized carbons (Fsp3) is 0.632. The van der Waals surface area contributed by atoms with Crippen molar-refractivity contribution in [3.8, 4) is 0 Å². The number of piperidine rings is 1. The highest BCUT2D eigenvalue weighted by atomic mass is 32.2. The van der Waals surface area contributed by atoms with Crippen LogP contribution in [-0.2, 0) is 14.8 Å². The second-order valence-electron chi connectivity index (χ2n) is 7.29. The van der Waals surface area contributed by atoms with E-state index in [1.54, 1.807) is 6.92 Å². The number of amides is 1. The normalized spacial score (nSPS) is 22.1. The quantitative estimate of drug-likeness (QED) is 0.847. The van der Waals surface area contributed by atoms with Gasteiger partial charge in [0, 0.05) is 50.7 Å². The van der Waals surface area contributed by atoms with Crippen LogP contribution in [0.15, 0.2) is 24.3 Å². The first kappa shape index (κ1) is 19.2. The molecule has 2 aliphatic rings. The van der Waals surface area contributed by atoms with E-state index in [9.17, 15) is 13.2 Å². The molecule has 0 radical (unpaired) electrons. The highest BCUT2D eigenvalue weighted by Crippen LogP contribution is 2.33. The van der Waals surface area contributed by atoms with E-state index in [0.29, 0.717) is 38.4 Å². The van der Waals surface area contributed by atoms with Crippen LogP contribution in [0.4, 0.5) is 5.69 Å². The number of hydrogen-bond acceptors (Lipinski definition) is 4. The number of carbonyl (C=O) groups is 1. The van der Waals surface area contributed by atoms with Crippen LogP contribution in [0.1, 0.15) is 37.7 Å². The molecule has 6 nitrogen and oxygen atoms in total. The number of nitrogens with one attached hydrogen (secondary N) is 1. The van der Waals surface area contributed by atoms with Crippen molar-refractivity contribution in [3.63, 3.8) is 0 Å². The molecule has 1 saturated heterocycles. The second-order valence-corrected chi connectivity index (χ2v) is 9.54. The number of nitrogens with zero attached hydrogens (tertiary/aromatic N) is 2. The lowest BCUT2D eigenvalue weighted by molar-refractivity contribution is -0.126. The number of rotatable bonds is 5. The highest BCUT2D eigenvalue weighted by Gasteiger charge is 2.31. The summed E-state index contributed by atoms with van der Waals surface area (Å²) in [5.41, 5.74) is 2.54. The van der Waals surface area contributed by atoms with Crippen LogP contribution in [0.5, 0.6) is 0 Å². The van der Waals surface area contributed by atoms with Crippen LogP contribution < -0.4 is 10.2 Å². The third-order valence-electron chi connectivity index (χ3n) is 5.71. The van der Waals surface area contributed by atoms with E-state index in [0.717, 1.165) is 13.0 Å². The Kier molecular flexibility index (Phi) is 5.87.